The molecule has 0 bridgehead atoms. The first kappa shape index (κ1) is 44.4. The lowest BCUT2D eigenvalue weighted by molar-refractivity contribution is 1.26. The smallest absolute Gasteiger partial charge is 0.0464 e. The lowest BCUT2D eigenvalue weighted by Gasteiger charge is -2.26. The highest BCUT2D eigenvalue weighted by Gasteiger charge is 2.18. The van der Waals surface area contributed by atoms with Crippen molar-refractivity contribution >= 4 is 51.2 Å². The predicted octanol–water partition coefficient (Wildman–Crippen LogP) is 18.9. The van der Waals surface area contributed by atoms with Gasteiger partial charge in [-0.05, 0) is 236 Å². The van der Waals surface area contributed by atoms with E-state index in [4.69, 9.17) is 0 Å². The second-order valence-corrected chi connectivity index (χ2v) is 18.5. The lowest BCUT2D eigenvalue weighted by atomic mass is 9.93. The zero-order valence-electron chi connectivity index (χ0n) is 40.4. The average Bonchev–Trinajstić information content (AvgIpc) is 3.35. The van der Waals surface area contributed by atoms with Crippen LogP contribution in [-0.2, 0) is 0 Å². The van der Waals surface area contributed by atoms with Crippen LogP contribution in [0, 0.1) is 41.5 Å². The molecule has 0 saturated carbocycles. The number of rotatable bonds is 12. The van der Waals surface area contributed by atoms with E-state index in [0.29, 0.717) is 0 Å². The van der Waals surface area contributed by atoms with E-state index >= 15 is 0 Å². The fraction of sp³-hybridized carbons (Fsp3) is 0.0909. The van der Waals surface area contributed by atoms with Crippen molar-refractivity contribution in [1.29, 1.82) is 0 Å². The van der Waals surface area contributed by atoms with E-state index in [1.54, 1.807) is 0 Å². The van der Waals surface area contributed by atoms with E-state index in [0.717, 1.165) is 84.6 Å². The molecule has 3 nitrogen and oxygen atoms in total. The van der Waals surface area contributed by atoms with Crippen LogP contribution < -0.4 is 14.7 Å². The first-order chi connectivity index (χ1) is 33.6. The van der Waals surface area contributed by atoms with Crippen LogP contribution in [0.25, 0.3) is 33.4 Å². The van der Waals surface area contributed by atoms with E-state index in [2.05, 4.69) is 293 Å². The van der Waals surface area contributed by atoms with Gasteiger partial charge in [0.2, 0.25) is 0 Å². The van der Waals surface area contributed by atoms with Crippen LogP contribution >= 0.6 is 0 Å². The Morgan fingerprint density at radius 1 is 0.174 bits per heavy atom. The number of hydrogen-bond acceptors (Lipinski definition) is 3. The summed E-state index contributed by atoms with van der Waals surface area (Å²) in [4.78, 5) is 7.05. The fourth-order valence-electron chi connectivity index (χ4n) is 9.48. The molecule has 0 heterocycles. The summed E-state index contributed by atoms with van der Waals surface area (Å²) in [7, 11) is 0. The van der Waals surface area contributed by atoms with Gasteiger partial charge in [0.05, 0.1) is 0 Å². The third kappa shape index (κ3) is 9.86. The summed E-state index contributed by atoms with van der Waals surface area (Å²) in [6.45, 7) is 12.9. The maximum atomic E-state index is 2.35. The molecule has 0 radical (unpaired) electrons. The summed E-state index contributed by atoms with van der Waals surface area (Å²) >= 11 is 0. The summed E-state index contributed by atoms with van der Waals surface area (Å²) in [5.41, 5.74) is 24.4. The quantitative estimate of drug-likeness (QED) is 0.121. The molecule has 0 aromatic heterocycles. The van der Waals surface area contributed by atoms with Gasteiger partial charge < -0.3 is 14.7 Å². The third-order valence-corrected chi connectivity index (χ3v) is 12.9. The zero-order chi connectivity index (χ0) is 47.4. The standard InChI is InChI=1S/C66H57N3/c1-46-13-7-19-61(37-46)67(62-20-8-14-47(2)38-62)58-31-25-52(26-32-58)55-43-56(53-27-33-59(34-28-53)68(63-21-9-15-48(3)39-63)64-22-10-16-49(4)40-64)45-57(44-55)54-29-35-60(36-30-54)69(65-23-11-17-50(5)41-65)66-24-12-18-51(6)42-66/h7-45H,1-6H3. The van der Waals surface area contributed by atoms with E-state index < -0.39 is 0 Å². The van der Waals surface area contributed by atoms with Gasteiger partial charge in [0.15, 0.2) is 0 Å². The molecular weight excluding hydrogens is 835 g/mol. The zero-order valence-corrected chi connectivity index (χ0v) is 40.4. The Hall–Kier alpha value is -8.40. The summed E-state index contributed by atoms with van der Waals surface area (Å²) in [6.07, 6.45) is 0. The Bertz CT molecular complexity index is 2890. The minimum absolute atomic E-state index is 1.11. The van der Waals surface area contributed by atoms with E-state index in [1.165, 1.54) is 33.4 Å². The summed E-state index contributed by atoms with van der Waals surface area (Å²) in [6, 6.07) is 86.6. The van der Waals surface area contributed by atoms with Crippen molar-refractivity contribution in [2.75, 3.05) is 14.7 Å². The Kier molecular flexibility index (Phi) is 12.5. The van der Waals surface area contributed by atoms with Crippen molar-refractivity contribution in [3.05, 3.63) is 270 Å². The van der Waals surface area contributed by atoms with Crippen LogP contribution in [0.1, 0.15) is 33.4 Å². The number of hydrogen-bond donors (Lipinski definition) is 0. The van der Waals surface area contributed by atoms with Gasteiger partial charge in [0.1, 0.15) is 0 Å². The monoisotopic (exact) mass is 891 g/mol. The van der Waals surface area contributed by atoms with Crippen LogP contribution in [0.4, 0.5) is 51.2 Å². The minimum atomic E-state index is 1.11. The molecule has 0 aliphatic heterocycles. The molecule has 0 saturated heterocycles. The molecule has 0 spiro atoms. The highest BCUT2D eigenvalue weighted by Crippen LogP contribution is 2.42. The SMILES string of the molecule is Cc1cccc(N(c2ccc(-c3cc(-c4ccc(N(c5cccc(C)c5)c5cccc(C)c5)cc4)cc(-c4ccc(N(c5cccc(C)c5)c5cccc(C)c5)cc4)c3)cc2)c2cccc(C)c2)c1. The Morgan fingerprint density at radius 3 is 0.536 bits per heavy atom. The van der Waals surface area contributed by atoms with Crippen molar-refractivity contribution in [2.45, 2.75) is 41.5 Å². The normalized spacial score (nSPS) is 11.0. The van der Waals surface area contributed by atoms with E-state index in [9.17, 15) is 0 Å². The van der Waals surface area contributed by atoms with Crippen LogP contribution in [0.15, 0.2) is 237 Å². The van der Waals surface area contributed by atoms with Gasteiger partial charge in [0.25, 0.3) is 0 Å². The maximum Gasteiger partial charge on any atom is 0.0464 e. The number of benzene rings is 10. The highest BCUT2D eigenvalue weighted by atomic mass is 15.2. The molecule has 0 aliphatic carbocycles. The van der Waals surface area contributed by atoms with Gasteiger partial charge in [-0.1, -0.05) is 109 Å². The van der Waals surface area contributed by atoms with Crippen LogP contribution in [-0.4, -0.2) is 0 Å². The molecule has 3 heteroatoms. The van der Waals surface area contributed by atoms with Crippen molar-refractivity contribution in [2.24, 2.45) is 0 Å². The second-order valence-electron chi connectivity index (χ2n) is 18.5. The molecule has 0 N–H and O–H groups in total. The first-order valence-electron chi connectivity index (χ1n) is 23.9. The first-order valence-corrected chi connectivity index (χ1v) is 23.9. The van der Waals surface area contributed by atoms with Gasteiger partial charge in [-0.15, -0.1) is 0 Å². The van der Waals surface area contributed by atoms with Gasteiger partial charge in [-0.2, -0.15) is 0 Å². The molecule has 0 fully saturated rings. The van der Waals surface area contributed by atoms with Crippen LogP contribution in [0.5, 0.6) is 0 Å². The fourth-order valence-corrected chi connectivity index (χ4v) is 9.48. The second kappa shape index (κ2) is 19.4. The largest absolute Gasteiger partial charge is 0.310 e. The van der Waals surface area contributed by atoms with Gasteiger partial charge in [-0.25, -0.2) is 0 Å². The topological polar surface area (TPSA) is 9.72 Å². The Balaban J connectivity index is 1.07. The lowest BCUT2D eigenvalue weighted by Crippen LogP contribution is -2.10. The van der Waals surface area contributed by atoms with E-state index in [1.807, 2.05) is 0 Å². The molecule has 0 atom stereocenters. The van der Waals surface area contributed by atoms with E-state index in [-0.39, 0.29) is 0 Å². The number of nitrogens with zero attached hydrogens (tertiary/aromatic N) is 3. The molecule has 0 aliphatic rings. The molecule has 69 heavy (non-hydrogen) atoms. The molecular formula is C66H57N3. The third-order valence-electron chi connectivity index (χ3n) is 12.9. The summed E-state index contributed by atoms with van der Waals surface area (Å²) < 4.78 is 0. The van der Waals surface area contributed by atoms with Crippen molar-refractivity contribution in [3.8, 4) is 33.4 Å². The van der Waals surface area contributed by atoms with Crippen molar-refractivity contribution in [3.63, 3.8) is 0 Å². The minimum Gasteiger partial charge on any atom is -0.310 e. The van der Waals surface area contributed by atoms with Crippen molar-refractivity contribution < 1.29 is 0 Å². The van der Waals surface area contributed by atoms with Gasteiger partial charge >= 0.3 is 0 Å². The molecule has 10 rings (SSSR count). The maximum absolute atomic E-state index is 2.35. The van der Waals surface area contributed by atoms with Crippen LogP contribution in [0.3, 0.4) is 0 Å². The average molecular weight is 892 g/mol. The van der Waals surface area contributed by atoms with Gasteiger partial charge in [-0.3, -0.25) is 0 Å². The van der Waals surface area contributed by atoms with Gasteiger partial charge in [0, 0.05) is 51.2 Å². The molecule has 336 valence electrons. The molecule has 0 unspecified atom stereocenters. The highest BCUT2D eigenvalue weighted by molar-refractivity contribution is 5.86. The number of aryl methyl sites for hydroxylation is 6. The summed E-state index contributed by atoms with van der Waals surface area (Å²) in [5.74, 6) is 0. The summed E-state index contributed by atoms with van der Waals surface area (Å²) in [5, 5.41) is 0. The molecule has 0 amide bonds. The predicted molar refractivity (Wildman–Crippen MR) is 295 cm³/mol. The Morgan fingerprint density at radius 2 is 0.362 bits per heavy atom. The molecule has 10 aromatic carbocycles. The Labute approximate surface area is 408 Å². The number of anilines is 9. The van der Waals surface area contributed by atoms with Crippen molar-refractivity contribution in [1.82, 2.24) is 0 Å². The van der Waals surface area contributed by atoms with Crippen LogP contribution in [0.2, 0.25) is 0 Å². The molecule has 10 aromatic rings.